The predicted molar refractivity (Wildman–Crippen MR) is 74.3 cm³/mol. The monoisotopic (exact) mass is 249 g/mol. The molecule has 16 heavy (non-hydrogen) atoms. The van der Waals surface area contributed by atoms with Crippen molar-refractivity contribution >= 4 is 44.6 Å². The van der Waals surface area contributed by atoms with Crippen LogP contribution in [-0.2, 0) is 0 Å². The molecule has 0 amide bonds. The largest absolute Gasteiger partial charge is 0.289 e. The molecule has 2 atom stereocenters. The third-order valence-electron chi connectivity index (χ3n) is 2.44. The first-order valence-corrected chi connectivity index (χ1v) is 6.57. The average Bonchev–Trinajstić information content (AvgIpc) is 2.17. The quantitative estimate of drug-likeness (QED) is 0.585. The van der Waals surface area contributed by atoms with Gasteiger partial charge in [-0.3, -0.25) is 4.79 Å². The summed E-state index contributed by atoms with van der Waals surface area (Å²) in [5.41, 5.74) is 2.32. The van der Waals surface area contributed by atoms with Gasteiger partial charge in [0, 0.05) is 24.4 Å². The smallest absolute Gasteiger partial charge is 0.183 e. The van der Waals surface area contributed by atoms with Crippen molar-refractivity contribution in [2.45, 2.75) is 32.9 Å². The molecule has 83 valence electrons. The summed E-state index contributed by atoms with van der Waals surface area (Å²) in [5.74, 6) is 0. The molecule has 0 spiro atoms. The molecule has 0 saturated heterocycles. The van der Waals surface area contributed by atoms with Gasteiger partial charge >= 0.3 is 0 Å². The molecule has 1 aromatic rings. The molecule has 1 aromatic carbocycles. The molecule has 0 aromatic heterocycles. The average molecular weight is 250 g/mol. The number of benzene rings is 1. The van der Waals surface area contributed by atoms with Gasteiger partial charge in [0.05, 0.1) is 5.02 Å². The van der Waals surface area contributed by atoms with E-state index in [1.165, 1.54) is 0 Å². The first-order chi connectivity index (χ1) is 7.06. The van der Waals surface area contributed by atoms with Crippen LogP contribution in [0, 0.1) is 6.92 Å². The van der Waals surface area contributed by atoms with Crippen LogP contribution >= 0.6 is 20.2 Å². The van der Waals surface area contributed by atoms with Crippen LogP contribution in [0.4, 0.5) is 0 Å². The van der Waals surface area contributed by atoms with Crippen LogP contribution < -0.4 is 0 Å². The second-order valence-electron chi connectivity index (χ2n) is 3.71. The minimum atomic E-state index is 0. The minimum absolute atomic E-state index is 0. The molecule has 0 bridgehead atoms. The standard InChI is InChI=1S/C12H16ClOP.Li/c1-4-9(3)15-12(14)11-8(2)6-5-7-10(11)13;/h5-7,9,15H,4H2,1-3H3;. The number of halogens is 1. The fourth-order valence-electron chi connectivity index (χ4n) is 1.32. The summed E-state index contributed by atoms with van der Waals surface area (Å²) in [6, 6.07) is 5.59. The van der Waals surface area contributed by atoms with Crippen LogP contribution in [0.3, 0.4) is 0 Å². The second-order valence-corrected chi connectivity index (χ2v) is 5.85. The maximum absolute atomic E-state index is 12.0. The third-order valence-corrected chi connectivity index (χ3v) is 4.17. The van der Waals surface area contributed by atoms with E-state index in [1.807, 2.05) is 19.1 Å². The van der Waals surface area contributed by atoms with Crippen molar-refractivity contribution in [3.05, 3.63) is 34.3 Å². The molecule has 2 unspecified atom stereocenters. The van der Waals surface area contributed by atoms with Gasteiger partial charge in [0.25, 0.3) is 0 Å². The molecule has 0 aliphatic carbocycles. The molecular formula is C12H16ClLiOP. The van der Waals surface area contributed by atoms with E-state index >= 15 is 0 Å². The van der Waals surface area contributed by atoms with Crippen LogP contribution in [0.25, 0.3) is 0 Å². The zero-order valence-corrected chi connectivity index (χ0v) is 12.1. The topological polar surface area (TPSA) is 17.1 Å². The van der Waals surface area contributed by atoms with Crippen molar-refractivity contribution in [2.24, 2.45) is 0 Å². The molecule has 0 fully saturated rings. The van der Waals surface area contributed by atoms with Crippen molar-refractivity contribution in [3.63, 3.8) is 0 Å². The summed E-state index contributed by atoms with van der Waals surface area (Å²) < 4.78 is 0. The summed E-state index contributed by atoms with van der Waals surface area (Å²) >= 11 is 6.03. The van der Waals surface area contributed by atoms with Crippen molar-refractivity contribution < 1.29 is 4.79 Å². The fraction of sp³-hybridized carbons (Fsp3) is 0.417. The molecule has 1 radical (unpaired) electrons. The number of carbonyl (C=O) groups is 1. The number of hydrogen-bond donors (Lipinski definition) is 0. The second kappa shape index (κ2) is 7.52. The van der Waals surface area contributed by atoms with Gasteiger partial charge in [0.15, 0.2) is 5.52 Å². The Bertz CT molecular complexity index is 348. The van der Waals surface area contributed by atoms with Crippen molar-refractivity contribution in [2.75, 3.05) is 0 Å². The van der Waals surface area contributed by atoms with E-state index in [9.17, 15) is 4.79 Å². The fourth-order valence-corrected chi connectivity index (χ4v) is 2.83. The van der Waals surface area contributed by atoms with E-state index in [-0.39, 0.29) is 24.4 Å². The first kappa shape index (κ1) is 16.2. The SMILES string of the molecule is CCC(C)PC(=O)c1c(C)cccc1Cl.[Li]. The van der Waals surface area contributed by atoms with Gasteiger partial charge in [-0.25, -0.2) is 0 Å². The van der Waals surface area contributed by atoms with Crippen molar-refractivity contribution in [1.82, 2.24) is 0 Å². The number of hydrogen-bond acceptors (Lipinski definition) is 1. The molecule has 0 heterocycles. The van der Waals surface area contributed by atoms with E-state index in [0.717, 1.165) is 12.0 Å². The molecule has 0 N–H and O–H groups in total. The maximum atomic E-state index is 12.0. The van der Waals surface area contributed by atoms with Crippen LogP contribution in [0.1, 0.15) is 36.2 Å². The van der Waals surface area contributed by atoms with E-state index in [4.69, 9.17) is 11.6 Å². The molecule has 1 rings (SSSR count). The van der Waals surface area contributed by atoms with Gasteiger partial charge in [-0.15, -0.1) is 0 Å². The number of carbonyl (C=O) groups excluding carboxylic acids is 1. The Morgan fingerprint density at radius 2 is 2.12 bits per heavy atom. The van der Waals surface area contributed by atoms with Crippen LogP contribution in [0.15, 0.2) is 18.2 Å². The van der Waals surface area contributed by atoms with Crippen LogP contribution in [-0.4, -0.2) is 30.0 Å². The Morgan fingerprint density at radius 1 is 1.50 bits per heavy atom. The van der Waals surface area contributed by atoms with Gasteiger partial charge in [-0.2, -0.15) is 0 Å². The van der Waals surface area contributed by atoms with E-state index in [2.05, 4.69) is 13.8 Å². The van der Waals surface area contributed by atoms with Crippen molar-refractivity contribution in [1.29, 1.82) is 0 Å². The normalized spacial score (nSPS) is 12.5. The molecule has 1 nitrogen and oxygen atoms in total. The molecule has 4 heteroatoms. The zero-order valence-electron chi connectivity index (χ0n) is 10.3. The molecule has 0 saturated carbocycles. The molecule has 0 aliphatic heterocycles. The van der Waals surface area contributed by atoms with Gasteiger partial charge in [0.2, 0.25) is 0 Å². The Hall–Kier alpha value is 0.207. The van der Waals surface area contributed by atoms with Gasteiger partial charge in [0.1, 0.15) is 0 Å². The summed E-state index contributed by atoms with van der Waals surface area (Å²) in [4.78, 5) is 12.0. The maximum Gasteiger partial charge on any atom is 0.183 e. The van der Waals surface area contributed by atoms with Gasteiger partial charge in [-0.05, 0) is 39.2 Å². The van der Waals surface area contributed by atoms with E-state index < -0.39 is 0 Å². The third kappa shape index (κ3) is 4.23. The first-order valence-electron chi connectivity index (χ1n) is 5.12. The number of aryl methyl sites for hydroxylation is 1. The van der Waals surface area contributed by atoms with Gasteiger partial charge in [-0.1, -0.05) is 37.6 Å². The summed E-state index contributed by atoms with van der Waals surface area (Å²) in [6.45, 7) is 6.13. The zero-order chi connectivity index (χ0) is 11.4. The Morgan fingerprint density at radius 3 is 2.62 bits per heavy atom. The predicted octanol–water partition coefficient (Wildman–Crippen LogP) is 3.88. The molecule has 0 aliphatic rings. The van der Waals surface area contributed by atoms with Gasteiger partial charge < -0.3 is 0 Å². The Balaban J connectivity index is 0.00000225. The number of rotatable bonds is 4. The van der Waals surface area contributed by atoms with Crippen LogP contribution in [0.2, 0.25) is 5.02 Å². The van der Waals surface area contributed by atoms with Crippen LogP contribution in [0.5, 0.6) is 0 Å². The summed E-state index contributed by atoms with van der Waals surface area (Å²) in [7, 11) is 0.327. The Kier molecular flexibility index (Phi) is 7.61. The summed E-state index contributed by atoms with van der Waals surface area (Å²) in [5, 5.41) is 0.579. The summed E-state index contributed by atoms with van der Waals surface area (Å²) in [6.07, 6.45) is 1.04. The van der Waals surface area contributed by atoms with E-state index in [1.54, 1.807) is 6.07 Å². The van der Waals surface area contributed by atoms with E-state index in [0.29, 0.717) is 24.8 Å². The van der Waals surface area contributed by atoms with Crippen molar-refractivity contribution in [3.8, 4) is 0 Å². The molecular weight excluding hydrogens is 233 g/mol. The minimum Gasteiger partial charge on any atom is -0.289 e. The Labute approximate surface area is 116 Å².